The van der Waals surface area contributed by atoms with Crippen molar-refractivity contribution in [3.63, 3.8) is 0 Å². The first-order valence-electron chi connectivity index (χ1n) is 10.8. The van der Waals surface area contributed by atoms with E-state index in [9.17, 15) is 13.2 Å². The third-order valence-corrected chi connectivity index (χ3v) is 8.35. The molecule has 10 heteroatoms. The van der Waals surface area contributed by atoms with E-state index in [-0.39, 0.29) is 17.3 Å². The van der Waals surface area contributed by atoms with Crippen LogP contribution in [0.25, 0.3) is 10.7 Å². The summed E-state index contributed by atoms with van der Waals surface area (Å²) in [6.07, 6.45) is 3.63. The van der Waals surface area contributed by atoms with Gasteiger partial charge in [0.05, 0.1) is 11.4 Å². The molecule has 0 spiro atoms. The van der Waals surface area contributed by atoms with Crippen molar-refractivity contribution in [1.29, 1.82) is 0 Å². The molecule has 3 aromatic rings. The number of amides is 1. The fourth-order valence-corrected chi connectivity index (χ4v) is 6.02. The van der Waals surface area contributed by atoms with Gasteiger partial charge < -0.3 is 14.4 Å². The van der Waals surface area contributed by atoms with E-state index in [0.29, 0.717) is 21.3 Å². The number of carbonyl (C=O) groups excluding carboxylic acids is 1. The second kappa shape index (κ2) is 9.28. The Morgan fingerprint density at radius 1 is 1.18 bits per heavy atom. The van der Waals surface area contributed by atoms with Crippen LogP contribution in [-0.2, 0) is 23.6 Å². The lowest BCUT2D eigenvalue weighted by Crippen LogP contribution is -2.27. The normalized spacial score (nSPS) is 14.1. The van der Waals surface area contributed by atoms with E-state index in [0.717, 1.165) is 37.2 Å². The van der Waals surface area contributed by atoms with Crippen LogP contribution >= 0.6 is 11.3 Å². The molecule has 1 aliphatic rings. The highest BCUT2D eigenvalue weighted by Gasteiger charge is 2.26. The number of carbonyl (C=O) groups is 1. The fraction of sp³-hybridized carbons (Fsp3) is 0.391. The minimum absolute atomic E-state index is 0.0118. The summed E-state index contributed by atoms with van der Waals surface area (Å²) in [5.74, 6) is 0.0118. The number of hydrogen-bond donors (Lipinski definition) is 1. The summed E-state index contributed by atoms with van der Waals surface area (Å²) < 4.78 is 30.3. The molecule has 0 bridgehead atoms. The first kappa shape index (κ1) is 23.5. The van der Waals surface area contributed by atoms with Gasteiger partial charge in [-0.15, -0.1) is 11.3 Å². The molecule has 3 heterocycles. The Kier molecular flexibility index (Phi) is 6.60. The average molecular weight is 488 g/mol. The van der Waals surface area contributed by atoms with E-state index >= 15 is 0 Å². The van der Waals surface area contributed by atoms with E-state index < -0.39 is 10.0 Å². The van der Waals surface area contributed by atoms with Crippen LogP contribution in [0.5, 0.6) is 0 Å². The van der Waals surface area contributed by atoms with E-state index in [1.54, 1.807) is 23.9 Å². The van der Waals surface area contributed by atoms with Gasteiger partial charge in [0, 0.05) is 52.7 Å². The minimum atomic E-state index is -3.71. The van der Waals surface area contributed by atoms with Gasteiger partial charge in [-0.3, -0.25) is 4.79 Å². The third-order valence-electron chi connectivity index (χ3n) is 5.81. The lowest BCUT2D eigenvalue weighted by molar-refractivity contribution is 0.0796. The van der Waals surface area contributed by atoms with Crippen LogP contribution in [0.4, 0.5) is 5.69 Å². The van der Waals surface area contributed by atoms with Gasteiger partial charge in [-0.2, -0.15) is 0 Å². The number of nitrogens with one attached hydrogen (secondary N) is 1. The number of nitrogens with zero attached hydrogens (tertiary/aromatic N) is 4. The predicted molar refractivity (Wildman–Crippen MR) is 131 cm³/mol. The standard InChI is InChI=1S/C23H29N5O3S2/c1-16-21(23(29)28-11-5-6-12-28)32-22(25-16)20-13-19(15-27(20)4)33(30,31)24-14-17-7-9-18(10-8-17)26(2)3/h7-10,13,15,24H,5-6,11-12,14H2,1-4H3. The molecule has 4 rings (SSSR count). The number of rotatable bonds is 7. The van der Waals surface area contributed by atoms with E-state index in [1.807, 2.05) is 55.1 Å². The second-order valence-electron chi connectivity index (χ2n) is 8.49. The number of hydrogen-bond acceptors (Lipinski definition) is 6. The lowest BCUT2D eigenvalue weighted by Gasteiger charge is -2.13. The highest BCUT2D eigenvalue weighted by molar-refractivity contribution is 7.89. The summed E-state index contributed by atoms with van der Waals surface area (Å²) in [7, 11) is 1.99. The van der Waals surface area contributed by atoms with Crippen LogP contribution in [0.15, 0.2) is 41.4 Å². The Balaban J connectivity index is 1.51. The quantitative estimate of drug-likeness (QED) is 0.553. The molecule has 176 valence electrons. The molecule has 1 aromatic carbocycles. The van der Waals surface area contributed by atoms with Gasteiger partial charge in [0.1, 0.15) is 14.8 Å². The summed E-state index contributed by atoms with van der Waals surface area (Å²) in [6.45, 7) is 3.58. The van der Waals surface area contributed by atoms with Gasteiger partial charge in [0.25, 0.3) is 5.91 Å². The van der Waals surface area contributed by atoms with Gasteiger partial charge in [-0.25, -0.2) is 18.1 Å². The third kappa shape index (κ3) is 4.97. The zero-order valence-corrected chi connectivity index (χ0v) is 21.0. The van der Waals surface area contributed by atoms with E-state index in [2.05, 4.69) is 9.71 Å². The number of benzene rings is 1. The van der Waals surface area contributed by atoms with Crippen LogP contribution in [0.1, 0.15) is 33.8 Å². The maximum Gasteiger partial charge on any atom is 0.265 e. The molecule has 2 aromatic heterocycles. The predicted octanol–water partition coefficient (Wildman–Crippen LogP) is 3.24. The Morgan fingerprint density at radius 2 is 1.85 bits per heavy atom. The summed E-state index contributed by atoms with van der Waals surface area (Å²) >= 11 is 1.32. The first-order valence-corrected chi connectivity index (χ1v) is 13.1. The average Bonchev–Trinajstić information content (AvgIpc) is 3.52. The fourth-order valence-electron chi connectivity index (χ4n) is 3.84. The summed E-state index contributed by atoms with van der Waals surface area (Å²) in [5, 5.41) is 0.637. The molecule has 1 N–H and O–H groups in total. The zero-order valence-electron chi connectivity index (χ0n) is 19.3. The van der Waals surface area contributed by atoms with Crippen LogP contribution in [0.2, 0.25) is 0 Å². The van der Waals surface area contributed by atoms with E-state index in [4.69, 9.17) is 0 Å². The highest BCUT2D eigenvalue weighted by atomic mass is 32.2. The first-order chi connectivity index (χ1) is 15.7. The molecule has 0 radical (unpaired) electrons. The topological polar surface area (TPSA) is 87.5 Å². The smallest absolute Gasteiger partial charge is 0.265 e. The van der Waals surface area contributed by atoms with Gasteiger partial charge >= 0.3 is 0 Å². The number of likely N-dealkylation sites (tertiary alicyclic amines) is 1. The lowest BCUT2D eigenvalue weighted by atomic mass is 10.2. The van der Waals surface area contributed by atoms with Crippen molar-refractivity contribution in [2.75, 3.05) is 32.1 Å². The molecule has 8 nitrogen and oxygen atoms in total. The Labute approximate surface area is 198 Å². The molecule has 1 aliphatic heterocycles. The molecular formula is C23H29N5O3S2. The van der Waals surface area contributed by atoms with Crippen molar-refractivity contribution in [3.05, 3.63) is 52.7 Å². The number of aryl methyl sites for hydroxylation is 2. The summed E-state index contributed by atoms with van der Waals surface area (Å²) in [5.41, 5.74) is 3.27. The molecule has 0 saturated carbocycles. The van der Waals surface area contributed by atoms with Gasteiger partial charge in [-0.1, -0.05) is 12.1 Å². The zero-order chi connectivity index (χ0) is 23.8. The van der Waals surface area contributed by atoms with Crippen LogP contribution < -0.4 is 9.62 Å². The summed E-state index contributed by atoms with van der Waals surface area (Å²) in [4.78, 5) is 22.0. The Hall–Kier alpha value is -2.69. The van der Waals surface area contributed by atoms with Gasteiger partial charge in [-0.05, 0) is 43.5 Å². The molecule has 1 amide bonds. The molecule has 33 heavy (non-hydrogen) atoms. The van der Waals surface area contributed by atoms with Crippen LogP contribution in [-0.4, -0.2) is 56.0 Å². The monoisotopic (exact) mass is 487 g/mol. The molecule has 0 atom stereocenters. The largest absolute Gasteiger partial charge is 0.378 e. The Bertz CT molecular complexity index is 1250. The van der Waals surface area contributed by atoms with Crippen molar-refractivity contribution in [2.45, 2.75) is 31.2 Å². The van der Waals surface area contributed by atoms with Crippen LogP contribution in [0.3, 0.4) is 0 Å². The molecule has 1 fully saturated rings. The number of aromatic nitrogens is 2. The molecule has 0 aliphatic carbocycles. The highest BCUT2D eigenvalue weighted by Crippen LogP contribution is 2.31. The maximum atomic E-state index is 12.9. The molecule has 1 saturated heterocycles. The number of thiazole rings is 1. The summed E-state index contributed by atoms with van der Waals surface area (Å²) in [6, 6.07) is 9.34. The second-order valence-corrected chi connectivity index (χ2v) is 11.3. The van der Waals surface area contributed by atoms with Crippen molar-refractivity contribution in [3.8, 4) is 10.7 Å². The molecule has 0 unspecified atom stereocenters. The number of anilines is 1. The Morgan fingerprint density at radius 3 is 2.48 bits per heavy atom. The van der Waals surface area contributed by atoms with Crippen LogP contribution in [0, 0.1) is 6.92 Å². The molecular weight excluding hydrogens is 458 g/mol. The SMILES string of the molecule is Cc1nc(-c2cc(S(=O)(=O)NCc3ccc(N(C)C)cc3)cn2C)sc1C(=O)N1CCCC1. The van der Waals surface area contributed by atoms with Crippen molar-refractivity contribution in [2.24, 2.45) is 7.05 Å². The van der Waals surface area contributed by atoms with Crippen molar-refractivity contribution in [1.82, 2.24) is 19.2 Å². The van der Waals surface area contributed by atoms with Gasteiger partial charge in [0.15, 0.2) is 0 Å². The van der Waals surface area contributed by atoms with Crippen molar-refractivity contribution >= 4 is 33.0 Å². The van der Waals surface area contributed by atoms with Crippen molar-refractivity contribution < 1.29 is 13.2 Å². The van der Waals surface area contributed by atoms with E-state index in [1.165, 1.54) is 11.3 Å². The minimum Gasteiger partial charge on any atom is -0.378 e. The van der Waals surface area contributed by atoms with Gasteiger partial charge in [0.2, 0.25) is 10.0 Å². The maximum absolute atomic E-state index is 12.9. The number of sulfonamides is 1.